The van der Waals surface area contributed by atoms with Crippen molar-refractivity contribution >= 4 is 47.3 Å². The molecule has 0 aromatic heterocycles. The average molecular weight is 706 g/mol. The number of carbonyl (C=O) groups is 6. The van der Waals surface area contributed by atoms with Crippen LogP contribution in [0.3, 0.4) is 0 Å². The van der Waals surface area contributed by atoms with E-state index in [9.17, 15) is 44.1 Å². The van der Waals surface area contributed by atoms with Crippen LogP contribution in [0.25, 0.3) is 0 Å². The zero-order valence-electron chi connectivity index (χ0n) is 29.3. The average Bonchev–Trinajstić information content (AvgIpc) is 3.35. The molecule has 1 aromatic rings. The monoisotopic (exact) mass is 705 g/mol. The highest BCUT2D eigenvalue weighted by molar-refractivity contribution is 8.00. The first-order chi connectivity index (χ1) is 23.4. The van der Waals surface area contributed by atoms with Gasteiger partial charge in [-0.15, -0.1) is 11.8 Å². The van der Waals surface area contributed by atoms with Crippen LogP contribution in [0.5, 0.6) is 0 Å². The number of nitrogens with one attached hydrogen (secondary N) is 1. The first-order valence-electron chi connectivity index (χ1n) is 16.8. The number of carbonyl (C=O) groups excluding carboxylic acids is 4. The first-order valence-corrected chi connectivity index (χ1v) is 17.9. The lowest BCUT2D eigenvalue weighted by atomic mass is 10.0. The smallest absolute Gasteiger partial charge is 0.352 e. The van der Waals surface area contributed by atoms with Crippen LogP contribution in [-0.4, -0.2) is 140 Å². The quantitative estimate of drug-likeness (QED) is 0.154. The summed E-state index contributed by atoms with van der Waals surface area (Å²) in [6, 6.07) is 3.62. The molecule has 0 bridgehead atoms. The molecule has 49 heavy (non-hydrogen) atoms. The number of imide groups is 1. The lowest BCUT2D eigenvalue weighted by molar-refractivity contribution is -0.150. The molecule has 0 spiro atoms. The van der Waals surface area contributed by atoms with E-state index in [1.165, 1.54) is 63.2 Å². The second-order valence-electron chi connectivity index (χ2n) is 11.4. The van der Waals surface area contributed by atoms with Crippen LogP contribution in [-0.2, 0) is 19.2 Å². The van der Waals surface area contributed by atoms with E-state index in [0.29, 0.717) is 4.90 Å². The van der Waals surface area contributed by atoms with Crippen molar-refractivity contribution in [2.24, 2.45) is 0 Å². The number of nitrogens with zero attached hydrogens (tertiary/aromatic N) is 4. The summed E-state index contributed by atoms with van der Waals surface area (Å²) < 4.78 is 0. The van der Waals surface area contributed by atoms with Crippen LogP contribution in [0.2, 0.25) is 0 Å². The van der Waals surface area contributed by atoms with E-state index < -0.39 is 59.6 Å². The molecule has 15 heteroatoms. The van der Waals surface area contributed by atoms with Gasteiger partial charge in [-0.3, -0.25) is 29.0 Å². The standard InChI is InChI=1S/C22H21N3O9S.2C6H15N/c26-8-10-9-35-20-15(19(30)25(20)16(10)22(33)34)23-14(27)7-3-6-13(21(31)32)24-17(28)11-4-1-2-5-12(11)18(24)29;2*1-4-7(5-2)6-3/h1-2,4-5,13,15,20,26H,3,6-9H2,(H,23,27)(H,31,32)(H,33,34);2*4-6H2,1-3H3/t13?,15?,20-;;/m1../s1. The van der Waals surface area contributed by atoms with Gasteiger partial charge in [-0.2, -0.15) is 0 Å². The summed E-state index contributed by atoms with van der Waals surface area (Å²) in [4.78, 5) is 79.9. The highest BCUT2D eigenvalue weighted by Gasteiger charge is 2.54. The Morgan fingerprint density at radius 2 is 1.37 bits per heavy atom. The Balaban J connectivity index is 0.000000500. The van der Waals surface area contributed by atoms with Crippen molar-refractivity contribution in [1.29, 1.82) is 0 Å². The number of aliphatic hydroxyl groups excluding tert-OH is 1. The number of β-lactam (4-membered cyclic amide) rings is 1. The maximum absolute atomic E-state index is 12.6. The minimum Gasteiger partial charge on any atom is -0.480 e. The summed E-state index contributed by atoms with van der Waals surface area (Å²) in [5.74, 6) is -5.11. The molecule has 0 saturated carbocycles. The fourth-order valence-corrected chi connectivity index (χ4v) is 7.04. The van der Waals surface area contributed by atoms with E-state index in [0.717, 1.165) is 4.90 Å². The molecule has 4 rings (SSSR count). The molecule has 2 unspecified atom stereocenters. The molecule has 14 nitrogen and oxygen atoms in total. The van der Waals surface area contributed by atoms with E-state index in [2.05, 4.69) is 56.7 Å². The van der Waals surface area contributed by atoms with Gasteiger partial charge >= 0.3 is 11.9 Å². The van der Waals surface area contributed by atoms with Crippen LogP contribution >= 0.6 is 11.8 Å². The molecule has 4 amide bonds. The van der Waals surface area contributed by atoms with Crippen molar-refractivity contribution in [1.82, 2.24) is 24.9 Å². The number of aliphatic carboxylic acids is 2. The molecule has 0 aliphatic carbocycles. The summed E-state index contributed by atoms with van der Waals surface area (Å²) in [6.07, 6.45) is -0.311. The molecule has 3 atom stereocenters. The normalized spacial score (nSPS) is 18.6. The number of hydrogen-bond donors (Lipinski definition) is 4. The molecule has 1 saturated heterocycles. The molecule has 1 aromatic carbocycles. The molecular weight excluding hydrogens is 654 g/mol. The van der Waals surface area contributed by atoms with Crippen molar-refractivity contribution in [2.75, 3.05) is 51.6 Å². The molecule has 3 aliphatic heterocycles. The lowest BCUT2D eigenvalue weighted by Gasteiger charge is -2.49. The Kier molecular flexibility index (Phi) is 16.9. The number of benzene rings is 1. The van der Waals surface area contributed by atoms with Gasteiger partial charge < -0.3 is 30.4 Å². The minimum atomic E-state index is -1.45. The van der Waals surface area contributed by atoms with Gasteiger partial charge in [-0.25, -0.2) is 9.59 Å². The van der Waals surface area contributed by atoms with E-state index in [1.54, 1.807) is 12.1 Å². The second-order valence-corrected chi connectivity index (χ2v) is 12.5. The summed E-state index contributed by atoms with van der Waals surface area (Å²) >= 11 is 1.21. The fraction of sp³-hybridized carbons (Fsp3) is 0.588. The zero-order valence-corrected chi connectivity index (χ0v) is 30.1. The molecule has 3 aliphatic rings. The Morgan fingerprint density at radius 3 is 1.76 bits per heavy atom. The van der Waals surface area contributed by atoms with Crippen molar-refractivity contribution in [3.63, 3.8) is 0 Å². The maximum Gasteiger partial charge on any atom is 0.352 e. The van der Waals surface area contributed by atoms with Crippen LogP contribution in [0.4, 0.5) is 0 Å². The third kappa shape index (κ3) is 10.1. The second kappa shape index (κ2) is 20.0. The largest absolute Gasteiger partial charge is 0.480 e. The van der Waals surface area contributed by atoms with E-state index in [1.807, 2.05) is 0 Å². The summed E-state index contributed by atoms with van der Waals surface area (Å²) in [5, 5.41) is 30.3. The van der Waals surface area contributed by atoms with Crippen molar-refractivity contribution in [3.05, 3.63) is 46.7 Å². The number of aliphatic hydroxyl groups is 1. The van der Waals surface area contributed by atoms with Crippen LogP contribution < -0.4 is 5.32 Å². The van der Waals surface area contributed by atoms with Crippen LogP contribution in [0.1, 0.15) is 81.5 Å². The predicted octanol–water partition coefficient (Wildman–Crippen LogP) is 2.33. The van der Waals surface area contributed by atoms with Gasteiger partial charge in [0.25, 0.3) is 17.7 Å². The number of fused-ring (bicyclic) bond motifs is 2. The molecular formula is C34H51N5O9S. The third-order valence-corrected chi connectivity index (χ3v) is 10.1. The van der Waals surface area contributed by atoms with Crippen LogP contribution in [0, 0.1) is 0 Å². The summed E-state index contributed by atoms with van der Waals surface area (Å²) in [6.45, 7) is 19.8. The Morgan fingerprint density at radius 1 is 0.878 bits per heavy atom. The van der Waals surface area contributed by atoms with Gasteiger partial charge in [0.15, 0.2) is 0 Å². The lowest BCUT2D eigenvalue weighted by Crippen LogP contribution is -2.70. The summed E-state index contributed by atoms with van der Waals surface area (Å²) in [7, 11) is 0. The Labute approximate surface area is 292 Å². The zero-order chi connectivity index (χ0) is 36.8. The highest BCUT2D eigenvalue weighted by atomic mass is 32.2. The molecule has 0 radical (unpaired) electrons. The number of rotatable bonds is 15. The van der Waals surface area contributed by atoms with E-state index in [4.69, 9.17) is 0 Å². The SMILES string of the molecule is CCN(CC)CC.CCN(CC)CC.O=C(CCCC(C(=O)O)N1C(=O)c2ccccc2C1=O)NC1C(=O)N2C(C(=O)O)=C(CO)CS[C@H]12. The van der Waals surface area contributed by atoms with Gasteiger partial charge in [-0.1, -0.05) is 53.7 Å². The molecule has 3 heterocycles. The first kappa shape index (κ1) is 41.4. The highest BCUT2D eigenvalue weighted by Crippen LogP contribution is 2.40. The number of carboxylic acid groups (broad SMARTS) is 2. The number of thioether (sulfide) groups is 1. The van der Waals surface area contributed by atoms with Gasteiger partial charge in [-0.05, 0) is 69.8 Å². The third-order valence-electron chi connectivity index (χ3n) is 8.74. The minimum absolute atomic E-state index is 0.0214. The summed E-state index contributed by atoms with van der Waals surface area (Å²) in [5.41, 5.74) is 0.180. The van der Waals surface area contributed by atoms with Crippen molar-refractivity contribution in [2.45, 2.75) is 78.3 Å². The Hall–Kier alpha value is -3.79. The molecule has 4 N–H and O–H groups in total. The van der Waals surface area contributed by atoms with Gasteiger partial charge in [0, 0.05) is 12.2 Å². The number of hydrogen-bond acceptors (Lipinski definition) is 10. The maximum atomic E-state index is 12.6. The van der Waals surface area contributed by atoms with E-state index >= 15 is 0 Å². The number of amides is 4. The van der Waals surface area contributed by atoms with Crippen molar-refractivity contribution in [3.8, 4) is 0 Å². The topological polar surface area (TPSA) is 188 Å². The fourth-order valence-electron chi connectivity index (χ4n) is 5.70. The van der Waals surface area contributed by atoms with Gasteiger partial charge in [0.05, 0.1) is 17.7 Å². The molecule has 1 fully saturated rings. The van der Waals surface area contributed by atoms with Crippen molar-refractivity contribution < 1.29 is 44.1 Å². The Bertz CT molecular complexity index is 1320. The van der Waals surface area contributed by atoms with Gasteiger partial charge in [0.2, 0.25) is 5.91 Å². The van der Waals surface area contributed by atoms with Crippen LogP contribution in [0.15, 0.2) is 35.5 Å². The molecule has 272 valence electrons. The number of carboxylic acids is 2. The predicted molar refractivity (Wildman–Crippen MR) is 186 cm³/mol. The van der Waals surface area contributed by atoms with E-state index in [-0.39, 0.29) is 47.4 Å². The van der Waals surface area contributed by atoms with Gasteiger partial charge in [0.1, 0.15) is 23.2 Å².